The number of imidazole rings is 1. The molecule has 0 aliphatic rings. The maximum absolute atomic E-state index is 11.9. The second-order valence-electron chi connectivity index (χ2n) is 2.52. The summed E-state index contributed by atoms with van der Waals surface area (Å²) >= 11 is 0. The summed E-state index contributed by atoms with van der Waals surface area (Å²) in [5.74, 6) is 0. The van der Waals surface area contributed by atoms with E-state index in [1.54, 1.807) is 0 Å². The highest BCUT2D eigenvalue weighted by atomic mass is 19.3. The van der Waals surface area contributed by atoms with Crippen LogP contribution in [0.5, 0.6) is 0 Å². The molecule has 4 nitrogen and oxygen atoms in total. The van der Waals surface area contributed by atoms with Crippen molar-refractivity contribution >= 4 is 6.03 Å². The highest BCUT2D eigenvalue weighted by molar-refractivity contribution is 5.76. The van der Waals surface area contributed by atoms with Crippen molar-refractivity contribution < 1.29 is 13.6 Å². The minimum atomic E-state index is -2.52. The molecule has 6 heteroatoms. The number of hydrogen-bond acceptors (Lipinski definition) is 2. The molecule has 0 atom stereocenters. The molecular formula is C7H9F2N3O. The van der Waals surface area contributed by atoms with Crippen LogP contribution in [0.25, 0.3) is 0 Å². The first-order chi connectivity index (χ1) is 6.11. The minimum absolute atomic E-state index is 0.516. The van der Waals surface area contributed by atoms with E-state index in [0.29, 0.717) is 0 Å². The molecule has 0 aliphatic carbocycles. The molecule has 1 rings (SSSR count). The first-order valence-electron chi connectivity index (χ1n) is 3.63. The monoisotopic (exact) mass is 189 g/mol. The summed E-state index contributed by atoms with van der Waals surface area (Å²) in [6.45, 7) is -0.572. The molecule has 72 valence electrons. The van der Waals surface area contributed by atoms with Crippen LogP contribution in [0.1, 0.15) is 0 Å². The van der Waals surface area contributed by atoms with Gasteiger partial charge in [0, 0.05) is 19.4 Å². The lowest BCUT2D eigenvalue weighted by atomic mass is 10.6. The molecule has 0 bridgehead atoms. The molecular weight excluding hydrogens is 180 g/mol. The zero-order valence-electron chi connectivity index (χ0n) is 7.02. The Bertz CT molecular complexity index is 273. The van der Waals surface area contributed by atoms with Gasteiger partial charge in [-0.1, -0.05) is 0 Å². The Morgan fingerprint density at radius 3 is 2.85 bits per heavy atom. The normalized spacial score (nSPS) is 10.5. The van der Waals surface area contributed by atoms with E-state index in [2.05, 4.69) is 4.98 Å². The predicted octanol–water partition coefficient (Wildman–Crippen LogP) is 1.05. The van der Waals surface area contributed by atoms with E-state index in [9.17, 15) is 13.6 Å². The van der Waals surface area contributed by atoms with Crippen molar-refractivity contribution in [2.24, 2.45) is 0 Å². The van der Waals surface area contributed by atoms with Crippen molar-refractivity contribution in [3.8, 4) is 0 Å². The zero-order chi connectivity index (χ0) is 9.84. The number of amides is 1. The Labute approximate surface area is 73.8 Å². The van der Waals surface area contributed by atoms with Crippen molar-refractivity contribution in [2.45, 2.75) is 6.43 Å². The van der Waals surface area contributed by atoms with Crippen LogP contribution in [0, 0.1) is 0 Å². The molecule has 0 N–H and O–H groups in total. The summed E-state index contributed by atoms with van der Waals surface area (Å²) < 4.78 is 24.9. The summed E-state index contributed by atoms with van der Waals surface area (Å²) in [5.41, 5.74) is 0. The average molecular weight is 189 g/mol. The van der Waals surface area contributed by atoms with Gasteiger partial charge in [-0.3, -0.25) is 4.57 Å². The number of hydrogen-bond donors (Lipinski definition) is 0. The van der Waals surface area contributed by atoms with Crippen LogP contribution in [0.15, 0.2) is 18.7 Å². The second-order valence-corrected chi connectivity index (χ2v) is 2.52. The maximum atomic E-state index is 11.9. The first-order valence-corrected chi connectivity index (χ1v) is 3.63. The molecule has 0 aliphatic heterocycles. The van der Waals surface area contributed by atoms with E-state index in [4.69, 9.17) is 0 Å². The summed E-state index contributed by atoms with van der Waals surface area (Å²) in [4.78, 5) is 15.8. The Hall–Kier alpha value is -1.46. The third-order valence-corrected chi connectivity index (χ3v) is 1.46. The molecule has 0 radical (unpaired) electrons. The van der Waals surface area contributed by atoms with Crippen molar-refractivity contribution in [3.63, 3.8) is 0 Å². The molecule has 13 heavy (non-hydrogen) atoms. The van der Waals surface area contributed by atoms with Gasteiger partial charge in [0.1, 0.15) is 6.33 Å². The lowest BCUT2D eigenvalue weighted by Crippen LogP contribution is -2.34. The van der Waals surface area contributed by atoms with Crippen molar-refractivity contribution in [2.75, 3.05) is 13.6 Å². The standard InChI is InChI=1S/C7H9F2N3O/c1-11(4-6(8)9)7(13)12-3-2-10-5-12/h2-3,5-6H,4H2,1H3. The Balaban J connectivity index is 2.58. The number of alkyl halides is 2. The number of carbonyl (C=O) groups excluding carboxylic acids is 1. The summed E-state index contributed by atoms with van der Waals surface area (Å²) in [6.07, 6.45) is 1.57. The van der Waals surface area contributed by atoms with Gasteiger partial charge in [-0.2, -0.15) is 0 Å². The number of carbonyl (C=O) groups is 1. The Morgan fingerprint density at radius 2 is 2.38 bits per heavy atom. The number of aromatic nitrogens is 2. The van der Waals surface area contributed by atoms with E-state index >= 15 is 0 Å². The number of nitrogens with zero attached hydrogens (tertiary/aromatic N) is 3. The third-order valence-electron chi connectivity index (χ3n) is 1.46. The largest absolute Gasteiger partial charge is 0.329 e. The fraction of sp³-hybridized carbons (Fsp3) is 0.429. The van der Waals surface area contributed by atoms with Gasteiger partial charge in [-0.05, 0) is 0 Å². The van der Waals surface area contributed by atoms with Crippen LogP contribution >= 0.6 is 0 Å². The molecule has 1 aromatic heterocycles. The van der Waals surface area contributed by atoms with Crippen molar-refractivity contribution in [1.29, 1.82) is 0 Å². The molecule has 0 fully saturated rings. The van der Waals surface area contributed by atoms with Crippen LogP contribution in [0.2, 0.25) is 0 Å². The minimum Gasteiger partial charge on any atom is -0.321 e. The van der Waals surface area contributed by atoms with Crippen LogP contribution in [0.4, 0.5) is 13.6 Å². The molecule has 1 amide bonds. The van der Waals surface area contributed by atoms with E-state index in [-0.39, 0.29) is 0 Å². The van der Waals surface area contributed by atoms with Gasteiger partial charge in [0.05, 0.1) is 6.54 Å². The van der Waals surface area contributed by atoms with E-state index in [1.165, 1.54) is 25.8 Å². The van der Waals surface area contributed by atoms with Crippen molar-refractivity contribution in [1.82, 2.24) is 14.5 Å². The smallest absolute Gasteiger partial charge is 0.321 e. The molecule has 1 heterocycles. The zero-order valence-corrected chi connectivity index (χ0v) is 7.02. The van der Waals surface area contributed by atoms with Gasteiger partial charge in [0.25, 0.3) is 6.43 Å². The number of halogens is 2. The van der Waals surface area contributed by atoms with Gasteiger partial charge in [0.15, 0.2) is 0 Å². The quantitative estimate of drug-likeness (QED) is 0.697. The number of rotatable bonds is 2. The third kappa shape index (κ3) is 2.50. The summed E-state index contributed by atoms with van der Waals surface area (Å²) in [7, 11) is 1.31. The van der Waals surface area contributed by atoms with E-state index in [1.807, 2.05) is 0 Å². The predicted molar refractivity (Wildman–Crippen MR) is 41.7 cm³/mol. The van der Waals surface area contributed by atoms with Crippen LogP contribution in [-0.2, 0) is 0 Å². The van der Waals surface area contributed by atoms with E-state index in [0.717, 1.165) is 9.47 Å². The second kappa shape index (κ2) is 3.97. The lowest BCUT2D eigenvalue weighted by molar-refractivity contribution is 0.108. The molecule has 0 aromatic carbocycles. The first kappa shape index (κ1) is 9.63. The molecule has 0 spiro atoms. The van der Waals surface area contributed by atoms with Gasteiger partial charge in [-0.15, -0.1) is 0 Å². The molecule has 0 saturated heterocycles. The topological polar surface area (TPSA) is 38.1 Å². The van der Waals surface area contributed by atoms with Gasteiger partial charge in [0.2, 0.25) is 0 Å². The summed E-state index contributed by atoms with van der Waals surface area (Å²) in [5, 5.41) is 0. The molecule has 1 aromatic rings. The average Bonchev–Trinajstić information content (AvgIpc) is 2.53. The Morgan fingerprint density at radius 1 is 1.69 bits per heavy atom. The molecule has 0 saturated carbocycles. The van der Waals surface area contributed by atoms with Gasteiger partial charge >= 0.3 is 6.03 Å². The van der Waals surface area contributed by atoms with Crippen LogP contribution in [0.3, 0.4) is 0 Å². The maximum Gasteiger partial charge on any atom is 0.329 e. The molecule has 0 unspecified atom stereocenters. The highest BCUT2D eigenvalue weighted by Gasteiger charge is 2.14. The van der Waals surface area contributed by atoms with Crippen molar-refractivity contribution in [3.05, 3.63) is 18.7 Å². The van der Waals surface area contributed by atoms with Crippen LogP contribution < -0.4 is 0 Å². The lowest BCUT2D eigenvalue weighted by Gasteiger charge is -2.15. The Kier molecular flexibility index (Phi) is 2.94. The van der Waals surface area contributed by atoms with Crippen LogP contribution in [-0.4, -0.2) is 40.5 Å². The highest BCUT2D eigenvalue weighted by Crippen LogP contribution is 1.98. The fourth-order valence-electron chi connectivity index (χ4n) is 0.855. The van der Waals surface area contributed by atoms with Gasteiger partial charge in [-0.25, -0.2) is 18.6 Å². The summed E-state index contributed by atoms with van der Waals surface area (Å²) in [6, 6.07) is -0.516. The van der Waals surface area contributed by atoms with E-state index < -0.39 is 19.0 Å². The fourth-order valence-corrected chi connectivity index (χ4v) is 0.855. The van der Waals surface area contributed by atoms with Gasteiger partial charge < -0.3 is 4.90 Å². The SMILES string of the molecule is CN(CC(F)F)C(=O)n1ccnc1.